The van der Waals surface area contributed by atoms with Crippen LogP contribution in [0.4, 0.5) is 0 Å². The van der Waals surface area contributed by atoms with E-state index in [4.69, 9.17) is 9.73 Å². The first-order valence-corrected chi connectivity index (χ1v) is 9.44. The van der Waals surface area contributed by atoms with Gasteiger partial charge in [0, 0.05) is 32.8 Å². The van der Waals surface area contributed by atoms with Crippen LogP contribution >= 0.6 is 24.0 Å². The van der Waals surface area contributed by atoms with E-state index in [0.717, 1.165) is 58.0 Å². The molecule has 0 radical (unpaired) electrons. The van der Waals surface area contributed by atoms with Crippen LogP contribution in [-0.2, 0) is 4.74 Å². The Balaban J connectivity index is 0.00000312. The summed E-state index contributed by atoms with van der Waals surface area (Å²) in [4.78, 5) is 7.25. The molecule has 0 spiro atoms. The van der Waals surface area contributed by atoms with Gasteiger partial charge in [0.05, 0.1) is 6.10 Å². The van der Waals surface area contributed by atoms with Gasteiger partial charge >= 0.3 is 0 Å². The fraction of sp³-hybridized carbons (Fsp3) is 0.650. The average Bonchev–Trinajstić information content (AvgIpc) is 2.62. The highest BCUT2D eigenvalue weighted by Crippen LogP contribution is 2.18. The van der Waals surface area contributed by atoms with E-state index in [2.05, 4.69) is 61.3 Å². The van der Waals surface area contributed by atoms with Gasteiger partial charge < -0.3 is 15.0 Å². The van der Waals surface area contributed by atoms with E-state index in [9.17, 15) is 0 Å². The van der Waals surface area contributed by atoms with Crippen LogP contribution in [0.1, 0.15) is 51.5 Å². The van der Waals surface area contributed by atoms with E-state index < -0.39 is 0 Å². The predicted molar refractivity (Wildman–Crippen MR) is 117 cm³/mol. The molecule has 2 rings (SSSR count). The zero-order valence-corrected chi connectivity index (χ0v) is 18.2. The molecule has 0 bridgehead atoms. The molecular formula is C20H34IN3O. The second kappa shape index (κ2) is 12.5. The lowest BCUT2D eigenvalue weighted by Crippen LogP contribution is -2.47. The fourth-order valence-corrected chi connectivity index (χ4v) is 3.21. The highest BCUT2D eigenvalue weighted by molar-refractivity contribution is 14.0. The lowest BCUT2D eigenvalue weighted by atomic mass is 9.98. The Morgan fingerprint density at radius 3 is 2.52 bits per heavy atom. The zero-order chi connectivity index (χ0) is 17.2. The first-order valence-electron chi connectivity index (χ1n) is 9.44. The minimum Gasteiger partial charge on any atom is -0.378 e. The average molecular weight is 459 g/mol. The topological polar surface area (TPSA) is 36.9 Å². The lowest BCUT2D eigenvalue weighted by Gasteiger charge is -2.34. The van der Waals surface area contributed by atoms with Gasteiger partial charge in [0.1, 0.15) is 0 Å². The maximum atomic E-state index is 5.75. The number of nitrogens with one attached hydrogen (secondary N) is 1. The number of aliphatic imine (C=N–C) groups is 1. The van der Waals surface area contributed by atoms with Crippen molar-refractivity contribution in [1.82, 2.24) is 10.2 Å². The SMILES string of the molecule is CCNC(=NCCC(C)c1ccccc1)N1CCC(OCC)CC1.I. The first-order chi connectivity index (χ1) is 11.7. The molecule has 0 saturated carbocycles. The second-order valence-corrected chi connectivity index (χ2v) is 6.48. The van der Waals surface area contributed by atoms with Crippen LogP contribution in [0.2, 0.25) is 0 Å². The minimum atomic E-state index is 0. The smallest absolute Gasteiger partial charge is 0.193 e. The third kappa shape index (κ3) is 7.52. The van der Waals surface area contributed by atoms with Gasteiger partial charge in [-0.25, -0.2) is 0 Å². The minimum absolute atomic E-state index is 0. The molecule has 1 aromatic carbocycles. The van der Waals surface area contributed by atoms with Crippen LogP contribution in [0, 0.1) is 0 Å². The Morgan fingerprint density at radius 2 is 1.92 bits per heavy atom. The van der Waals surface area contributed by atoms with Crippen molar-refractivity contribution in [3.8, 4) is 0 Å². The Labute approximate surface area is 170 Å². The first kappa shape index (κ1) is 22.2. The summed E-state index contributed by atoms with van der Waals surface area (Å²) < 4.78 is 5.75. The van der Waals surface area contributed by atoms with Gasteiger partial charge in [-0.05, 0) is 44.6 Å². The fourth-order valence-electron chi connectivity index (χ4n) is 3.21. The van der Waals surface area contributed by atoms with E-state index in [1.165, 1.54) is 5.56 Å². The largest absolute Gasteiger partial charge is 0.378 e. The number of benzene rings is 1. The maximum Gasteiger partial charge on any atom is 0.193 e. The molecule has 1 aromatic rings. The number of rotatable bonds is 7. The monoisotopic (exact) mass is 459 g/mol. The number of nitrogens with zero attached hydrogens (tertiary/aromatic N) is 2. The third-order valence-electron chi connectivity index (χ3n) is 4.67. The summed E-state index contributed by atoms with van der Waals surface area (Å²) in [5.74, 6) is 1.61. The number of halogens is 1. The van der Waals surface area contributed by atoms with Gasteiger partial charge in [0.25, 0.3) is 0 Å². The van der Waals surface area contributed by atoms with Crippen LogP contribution < -0.4 is 5.32 Å². The Morgan fingerprint density at radius 1 is 1.24 bits per heavy atom. The number of guanidine groups is 1. The second-order valence-electron chi connectivity index (χ2n) is 6.48. The van der Waals surface area contributed by atoms with E-state index in [0.29, 0.717) is 12.0 Å². The Hall–Kier alpha value is -0.820. The maximum absolute atomic E-state index is 5.75. The normalized spacial score (nSPS) is 17.1. The van der Waals surface area contributed by atoms with Crippen LogP contribution in [0.5, 0.6) is 0 Å². The molecule has 0 aromatic heterocycles. The Kier molecular flexibility index (Phi) is 11.1. The molecule has 1 aliphatic rings. The van der Waals surface area contributed by atoms with Crippen LogP contribution in [-0.4, -0.2) is 49.7 Å². The summed E-state index contributed by atoms with van der Waals surface area (Å²) in [5.41, 5.74) is 1.40. The molecule has 1 N–H and O–H groups in total. The molecule has 5 heteroatoms. The molecule has 0 aliphatic carbocycles. The van der Waals surface area contributed by atoms with E-state index in [1.54, 1.807) is 0 Å². The summed E-state index contributed by atoms with van der Waals surface area (Å²) in [5, 5.41) is 3.45. The van der Waals surface area contributed by atoms with Crippen molar-refractivity contribution >= 4 is 29.9 Å². The van der Waals surface area contributed by atoms with Crippen LogP contribution in [0.15, 0.2) is 35.3 Å². The van der Waals surface area contributed by atoms with E-state index in [1.807, 2.05) is 0 Å². The standard InChI is InChI=1S/C20H33N3O.HI/c1-4-21-20(23-15-12-19(13-16-23)24-5-2)22-14-11-17(3)18-9-7-6-8-10-18;/h6-10,17,19H,4-5,11-16H2,1-3H3,(H,21,22);1H. The summed E-state index contributed by atoms with van der Waals surface area (Å²) in [6, 6.07) is 10.7. The van der Waals surface area contributed by atoms with Crippen molar-refractivity contribution in [3.05, 3.63) is 35.9 Å². The van der Waals surface area contributed by atoms with E-state index >= 15 is 0 Å². The summed E-state index contributed by atoms with van der Waals surface area (Å²) >= 11 is 0. The van der Waals surface area contributed by atoms with E-state index in [-0.39, 0.29) is 24.0 Å². The molecule has 4 nitrogen and oxygen atoms in total. The number of piperidine rings is 1. The molecule has 1 unspecified atom stereocenters. The molecule has 0 amide bonds. The Bertz CT molecular complexity index is 487. The van der Waals surface area contributed by atoms with Crippen molar-refractivity contribution in [2.24, 2.45) is 4.99 Å². The molecule has 1 atom stereocenters. The van der Waals surface area contributed by atoms with Gasteiger partial charge in [-0.2, -0.15) is 0 Å². The van der Waals surface area contributed by atoms with Crippen molar-refractivity contribution in [2.45, 2.75) is 52.1 Å². The van der Waals surface area contributed by atoms with Crippen molar-refractivity contribution < 1.29 is 4.74 Å². The summed E-state index contributed by atoms with van der Waals surface area (Å²) in [6.07, 6.45) is 3.69. The van der Waals surface area contributed by atoms with Crippen molar-refractivity contribution in [1.29, 1.82) is 0 Å². The lowest BCUT2D eigenvalue weighted by molar-refractivity contribution is 0.0264. The quantitative estimate of drug-likeness (QED) is 0.376. The van der Waals surface area contributed by atoms with Crippen LogP contribution in [0.3, 0.4) is 0 Å². The highest BCUT2D eigenvalue weighted by Gasteiger charge is 2.21. The molecule has 142 valence electrons. The molecule has 1 fully saturated rings. The summed E-state index contributed by atoms with van der Waals surface area (Å²) in [7, 11) is 0. The van der Waals surface area contributed by atoms with Gasteiger partial charge in [-0.1, -0.05) is 37.3 Å². The van der Waals surface area contributed by atoms with Gasteiger partial charge in [-0.3, -0.25) is 4.99 Å². The molecule has 1 saturated heterocycles. The third-order valence-corrected chi connectivity index (χ3v) is 4.67. The zero-order valence-electron chi connectivity index (χ0n) is 15.9. The number of likely N-dealkylation sites (tertiary alicyclic amines) is 1. The highest BCUT2D eigenvalue weighted by atomic mass is 127. The predicted octanol–water partition coefficient (Wildman–Crippen LogP) is 4.26. The molecular weight excluding hydrogens is 425 g/mol. The van der Waals surface area contributed by atoms with Gasteiger partial charge in [0.15, 0.2) is 5.96 Å². The van der Waals surface area contributed by atoms with Gasteiger partial charge in [0.2, 0.25) is 0 Å². The molecule has 1 aliphatic heterocycles. The molecule has 25 heavy (non-hydrogen) atoms. The van der Waals surface area contributed by atoms with Gasteiger partial charge in [-0.15, -0.1) is 24.0 Å². The van der Waals surface area contributed by atoms with Crippen LogP contribution in [0.25, 0.3) is 0 Å². The number of hydrogen-bond donors (Lipinski definition) is 1. The number of hydrogen-bond acceptors (Lipinski definition) is 2. The summed E-state index contributed by atoms with van der Waals surface area (Å²) in [6.45, 7) is 11.2. The van der Waals surface area contributed by atoms with Crippen molar-refractivity contribution in [2.75, 3.05) is 32.8 Å². The van der Waals surface area contributed by atoms with Crippen molar-refractivity contribution in [3.63, 3.8) is 0 Å². The number of ether oxygens (including phenoxy) is 1. The molecule has 1 heterocycles.